The average molecular weight is 376 g/mol. The van der Waals surface area contributed by atoms with Gasteiger partial charge in [-0.15, -0.1) is 11.3 Å². The normalized spacial score (nSPS) is 11.6. The van der Waals surface area contributed by atoms with Gasteiger partial charge < -0.3 is 5.32 Å². The molecule has 3 aromatic rings. The van der Waals surface area contributed by atoms with Crippen LogP contribution in [0, 0.1) is 6.92 Å². The van der Waals surface area contributed by atoms with Gasteiger partial charge in [0.2, 0.25) is 10.0 Å². The van der Waals surface area contributed by atoms with Gasteiger partial charge >= 0.3 is 0 Å². The van der Waals surface area contributed by atoms with Crippen molar-refractivity contribution in [3.63, 3.8) is 0 Å². The third-order valence-electron chi connectivity index (χ3n) is 3.35. The molecule has 0 unspecified atom stereocenters. The molecule has 0 saturated heterocycles. The highest BCUT2D eigenvalue weighted by Gasteiger charge is 2.10. The van der Waals surface area contributed by atoms with Crippen LogP contribution >= 0.6 is 11.3 Å². The first-order valence-electron chi connectivity index (χ1n) is 7.38. The second-order valence-electron chi connectivity index (χ2n) is 5.50. The third-order valence-corrected chi connectivity index (χ3v) is 4.97. The van der Waals surface area contributed by atoms with Gasteiger partial charge in [0.15, 0.2) is 0 Å². The molecule has 2 aromatic heterocycles. The van der Waals surface area contributed by atoms with Gasteiger partial charge in [0.05, 0.1) is 33.7 Å². The number of fused-ring (bicyclic) bond motifs is 1. The summed E-state index contributed by atoms with van der Waals surface area (Å²) in [5, 5.41) is 3.79. The van der Waals surface area contributed by atoms with Crippen LogP contribution in [0.15, 0.2) is 36.5 Å². The monoisotopic (exact) mass is 376 g/mol. The van der Waals surface area contributed by atoms with Gasteiger partial charge in [0, 0.05) is 17.4 Å². The van der Waals surface area contributed by atoms with Gasteiger partial charge in [0.25, 0.3) is 5.91 Å². The van der Waals surface area contributed by atoms with Crippen LogP contribution in [0.1, 0.15) is 21.1 Å². The second-order valence-corrected chi connectivity index (χ2v) is 8.57. The Bertz CT molecular complexity index is 1040. The molecule has 0 aliphatic rings. The topological polar surface area (TPSA) is 101 Å². The van der Waals surface area contributed by atoms with Crippen molar-refractivity contribution in [2.75, 3.05) is 11.6 Å². The Hall–Kier alpha value is -2.36. The molecule has 3 rings (SSSR count). The van der Waals surface area contributed by atoms with E-state index in [-0.39, 0.29) is 12.5 Å². The number of hydrogen-bond donors (Lipinski definition) is 2. The van der Waals surface area contributed by atoms with Crippen LogP contribution < -0.4 is 10.0 Å². The Kier molecular flexibility index (Phi) is 4.80. The number of aryl methyl sites for hydroxylation is 1. The van der Waals surface area contributed by atoms with Crippen molar-refractivity contribution in [3.05, 3.63) is 52.8 Å². The summed E-state index contributed by atoms with van der Waals surface area (Å²) in [5.74, 6) is -0.297. The van der Waals surface area contributed by atoms with E-state index >= 15 is 0 Å². The molecule has 0 saturated carbocycles. The lowest BCUT2D eigenvalue weighted by atomic mass is 10.2. The number of pyridine rings is 1. The van der Waals surface area contributed by atoms with E-state index in [1.807, 2.05) is 25.1 Å². The Balaban J connectivity index is 1.75. The van der Waals surface area contributed by atoms with Gasteiger partial charge in [-0.1, -0.05) is 0 Å². The minimum Gasteiger partial charge on any atom is -0.322 e. The van der Waals surface area contributed by atoms with E-state index in [4.69, 9.17) is 0 Å². The van der Waals surface area contributed by atoms with Crippen LogP contribution in [0.4, 0.5) is 5.69 Å². The molecule has 0 spiro atoms. The van der Waals surface area contributed by atoms with E-state index in [9.17, 15) is 13.2 Å². The van der Waals surface area contributed by atoms with Crippen LogP contribution in [-0.2, 0) is 16.6 Å². The summed E-state index contributed by atoms with van der Waals surface area (Å²) >= 11 is 1.60. The first-order chi connectivity index (χ1) is 11.8. The molecule has 9 heteroatoms. The molecule has 0 aliphatic heterocycles. The second kappa shape index (κ2) is 6.87. The van der Waals surface area contributed by atoms with Crippen LogP contribution in [0.3, 0.4) is 0 Å². The fourth-order valence-electron chi connectivity index (χ4n) is 2.24. The van der Waals surface area contributed by atoms with Crippen molar-refractivity contribution in [2.24, 2.45) is 0 Å². The zero-order valence-corrected chi connectivity index (χ0v) is 15.2. The number of aromatic nitrogens is 2. The van der Waals surface area contributed by atoms with Crippen molar-refractivity contribution in [1.82, 2.24) is 14.7 Å². The molecule has 0 atom stereocenters. The van der Waals surface area contributed by atoms with Crippen molar-refractivity contribution in [3.8, 4) is 0 Å². The first-order valence-corrected chi connectivity index (χ1v) is 10.1. The maximum absolute atomic E-state index is 12.4. The summed E-state index contributed by atoms with van der Waals surface area (Å²) in [6, 6.07) is 8.70. The highest BCUT2D eigenvalue weighted by atomic mass is 32.2. The summed E-state index contributed by atoms with van der Waals surface area (Å²) in [4.78, 5) is 20.9. The molecule has 0 radical (unpaired) electrons. The molecule has 130 valence electrons. The van der Waals surface area contributed by atoms with E-state index in [0.29, 0.717) is 16.9 Å². The number of benzene rings is 1. The van der Waals surface area contributed by atoms with Crippen LogP contribution in [0.2, 0.25) is 0 Å². The highest BCUT2D eigenvalue weighted by molar-refractivity contribution is 7.88. The molecule has 1 aromatic carbocycles. The molecule has 0 bridgehead atoms. The molecule has 0 fully saturated rings. The van der Waals surface area contributed by atoms with Crippen LogP contribution in [0.25, 0.3) is 10.2 Å². The Morgan fingerprint density at radius 1 is 1.24 bits per heavy atom. The number of amides is 1. The Morgan fingerprint density at radius 2 is 2.04 bits per heavy atom. The summed E-state index contributed by atoms with van der Waals surface area (Å²) in [7, 11) is -3.32. The minimum atomic E-state index is -3.32. The van der Waals surface area contributed by atoms with E-state index in [0.717, 1.165) is 21.5 Å². The SMILES string of the molecule is Cc1nc2cc(NC(=O)c3ccnc(CNS(C)(=O)=O)c3)ccc2s1. The molecule has 25 heavy (non-hydrogen) atoms. The summed E-state index contributed by atoms with van der Waals surface area (Å²) in [5.41, 5.74) is 2.35. The fraction of sp³-hybridized carbons (Fsp3) is 0.188. The fourth-order valence-corrected chi connectivity index (χ4v) is 3.46. The predicted octanol–water partition coefficient (Wildman–Crippen LogP) is 2.30. The standard InChI is InChI=1S/C16H16N4O3S2/c1-10-19-14-8-12(3-4-15(14)24-10)20-16(21)11-5-6-17-13(7-11)9-18-25(2,22)23/h3-8,18H,9H2,1-2H3,(H,20,21). The van der Waals surface area contributed by atoms with E-state index in [1.165, 1.54) is 6.20 Å². The van der Waals surface area contributed by atoms with Gasteiger partial charge in [-0.05, 0) is 37.3 Å². The zero-order chi connectivity index (χ0) is 18.0. The lowest BCUT2D eigenvalue weighted by Gasteiger charge is -2.07. The number of hydrogen-bond acceptors (Lipinski definition) is 6. The third kappa shape index (κ3) is 4.59. The Labute approximate surface area is 149 Å². The molecule has 2 heterocycles. The van der Waals surface area contributed by atoms with Crippen molar-refractivity contribution in [2.45, 2.75) is 13.5 Å². The van der Waals surface area contributed by atoms with Gasteiger partial charge in [0.1, 0.15) is 0 Å². The van der Waals surface area contributed by atoms with Gasteiger partial charge in [-0.2, -0.15) is 0 Å². The Morgan fingerprint density at radius 3 is 2.80 bits per heavy atom. The zero-order valence-electron chi connectivity index (χ0n) is 13.6. The van der Waals surface area contributed by atoms with Crippen LogP contribution in [0.5, 0.6) is 0 Å². The predicted molar refractivity (Wildman–Crippen MR) is 98.2 cm³/mol. The largest absolute Gasteiger partial charge is 0.322 e. The maximum Gasteiger partial charge on any atom is 0.255 e. The molecule has 1 amide bonds. The summed E-state index contributed by atoms with van der Waals surface area (Å²) < 4.78 is 25.7. The number of anilines is 1. The average Bonchev–Trinajstić information content (AvgIpc) is 2.92. The summed E-state index contributed by atoms with van der Waals surface area (Å²) in [6.07, 6.45) is 2.54. The van der Waals surface area contributed by atoms with Crippen LogP contribution in [-0.4, -0.2) is 30.5 Å². The number of carbonyl (C=O) groups excluding carboxylic acids is 1. The smallest absolute Gasteiger partial charge is 0.255 e. The van der Waals surface area contributed by atoms with E-state index in [1.54, 1.807) is 23.5 Å². The van der Waals surface area contributed by atoms with E-state index in [2.05, 4.69) is 20.0 Å². The van der Waals surface area contributed by atoms with Gasteiger partial charge in [-0.3, -0.25) is 9.78 Å². The number of sulfonamides is 1. The number of nitrogens with one attached hydrogen (secondary N) is 2. The van der Waals surface area contributed by atoms with E-state index < -0.39 is 10.0 Å². The highest BCUT2D eigenvalue weighted by Crippen LogP contribution is 2.24. The van der Waals surface area contributed by atoms with Gasteiger partial charge in [-0.25, -0.2) is 18.1 Å². The lowest BCUT2D eigenvalue weighted by Crippen LogP contribution is -2.22. The molecule has 7 nitrogen and oxygen atoms in total. The maximum atomic E-state index is 12.4. The number of rotatable bonds is 5. The molecular weight excluding hydrogens is 360 g/mol. The lowest BCUT2D eigenvalue weighted by molar-refractivity contribution is 0.102. The molecule has 0 aliphatic carbocycles. The van der Waals surface area contributed by atoms with Crippen molar-refractivity contribution in [1.29, 1.82) is 0 Å². The summed E-state index contributed by atoms with van der Waals surface area (Å²) in [6.45, 7) is 1.97. The molecule has 2 N–H and O–H groups in total. The minimum absolute atomic E-state index is 0.0318. The van der Waals surface area contributed by atoms with Crippen molar-refractivity contribution < 1.29 is 13.2 Å². The van der Waals surface area contributed by atoms with Crippen molar-refractivity contribution >= 4 is 43.2 Å². The quantitative estimate of drug-likeness (QED) is 0.711. The number of thiazole rings is 1. The number of carbonyl (C=O) groups is 1. The first kappa shape index (κ1) is 17.5. The molecular formula is C16H16N4O3S2. The number of nitrogens with zero attached hydrogens (tertiary/aromatic N) is 2.